The molecule has 0 radical (unpaired) electrons. The molecule has 0 aliphatic heterocycles. The number of unbranched alkanes of at least 4 members (excludes halogenated alkanes) is 1. The average Bonchev–Trinajstić information content (AvgIpc) is 2.62. The Balaban J connectivity index is 2.19. The number of carbonyl (C=O) groups is 1. The van der Waals surface area contributed by atoms with Gasteiger partial charge in [0.2, 0.25) is 0 Å². The van der Waals surface area contributed by atoms with E-state index in [0.717, 1.165) is 36.6 Å². The van der Waals surface area contributed by atoms with Gasteiger partial charge in [-0.15, -0.1) is 0 Å². The first-order valence-electron chi connectivity index (χ1n) is 8.62. The van der Waals surface area contributed by atoms with Gasteiger partial charge in [-0.3, -0.25) is 9.78 Å². The summed E-state index contributed by atoms with van der Waals surface area (Å²) < 4.78 is 6.39. The van der Waals surface area contributed by atoms with Crippen LogP contribution in [0.2, 0.25) is 5.02 Å². The van der Waals surface area contributed by atoms with E-state index in [4.69, 9.17) is 16.3 Å². The molecular weight excluding hydrogens is 358 g/mol. The van der Waals surface area contributed by atoms with Crippen LogP contribution in [-0.2, 0) is 4.74 Å². The molecule has 1 heterocycles. The molecule has 0 bridgehead atoms. The maximum atomic E-state index is 12.4. The Morgan fingerprint density at radius 3 is 2.77 bits per heavy atom. The highest BCUT2D eigenvalue weighted by molar-refractivity contribution is 6.33. The van der Waals surface area contributed by atoms with E-state index in [2.05, 4.69) is 23.9 Å². The second kappa shape index (κ2) is 9.33. The van der Waals surface area contributed by atoms with Crippen LogP contribution in [0.15, 0.2) is 34.0 Å². The lowest BCUT2D eigenvalue weighted by Crippen LogP contribution is -2.30. The van der Waals surface area contributed by atoms with Crippen molar-refractivity contribution >= 4 is 17.6 Å². The molecular formula is C18H22ClN3O4. The van der Waals surface area contributed by atoms with E-state index in [0.29, 0.717) is 18.2 Å². The summed E-state index contributed by atoms with van der Waals surface area (Å²) in [7, 11) is 0. The van der Waals surface area contributed by atoms with E-state index in [1.54, 1.807) is 0 Å². The number of nitrogens with one attached hydrogen (secondary N) is 1. The third-order valence-electron chi connectivity index (χ3n) is 4.12. The number of aromatic nitrogens is 3. The van der Waals surface area contributed by atoms with Gasteiger partial charge in [-0.05, 0) is 30.5 Å². The first-order valence-corrected chi connectivity index (χ1v) is 8.99. The monoisotopic (exact) mass is 379 g/mol. The van der Waals surface area contributed by atoms with E-state index in [9.17, 15) is 14.4 Å². The van der Waals surface area contributed by atoms with E-state index in [1.807, 2.05) is 0 Å². The zero-order valence-corrected chi connectivity index (χ0v) is 15.6. The molecule has 0 saturated heterocycles. The molecule has 0 aliphatic rings. The van der Waals surface area contributed by atoms with Crippen LogP contribution in [0.5, 0.6) is 0 Å². The highest BCUT2D eigenvalue weighted by atomic mass is 35.5. The molecule has 1 aromatic carbocycles. The van der Waals surface area contributed by atoms with Crippen molar-refractivity contribution in [3.63, 3.8) is 0 Å². The molecule has 1 N–H and O–H groups in total. The lowest BCUT2D eigenvalue weighted by atomic mass is 10.0. The third kappa shape index (κ3) is 5.05. The Bertz CT molecular complexity index is 875. The number of carbonyl (C=O) groups excluding carboxylic acids is 1. The second-order valence-electron chi connectivity index (χ2n) is 6.03. The molecule has 0 aliphatic carbocycles. The van der Waals surface area contributed by atoms with Crippen molar-refractivity contribution in [2.45, 2.75) is 39.5 Å². The highest BCUT2D eigenvalue weighted by Gasteiger charge is 2.16. The Morgan fingerprint density at radius 1 is 1.35 bits per heavy atom. The molecule has 2 aromatic rings. The molecule has 0 saturated carbocycles. The average molecular weight is 380 g/mol. The van der Waals surface area contributed by atoms with Crippen molar-refractivity contribution in [3.8, 4) is 5.69 Å². The van der Waals surface area contributed by atoms with Gasteiger partial charge < -0.3 is 4.74 Å². The highest BCUT2D eigenvalue weighted by Crippen LogP contribution is 2.21. The summed E-state index contributed by atoms with van der Waals surface area (Å²) in [6, 6.07) is 4.44. The van der Waals surface area contributed by atoms with Gasteiger partial charge in [0.1, 0.15) is 6.20 Å². The number of aromatic amines is 1. The molecule has 2 rings (SSSR count). The number of hydrogen-bond acceptors (Lipinski definition) is 5. The van der Waals surface area contributed by atoms with Crippen molar-refractivity contribution in [2.24, 2.45) is 5.92 Å². The number of hydrogen-bond donors (Lipinski definition) is 1. The standard InChI is InChI=1S/C18H22ClN3O4/c1-3-5-6-12(4-2)11-26-17(24)14-9-13(7-8-15(14)19)22-18(25)21-16(23)10-20-22/h7-10,12H,3-6,11H2,1-2H3,(H,21,23,25). The zero-order chi connectivity index (χ0) is 19.1. The summed E-state index contributed by atoms with van der Waals surface area (Å²) >= 11 is 6.11. The number of nitrogens with zero attached hydrogens (tertiary/aromatic N) is 2. The Morgan fingerprint density at radius 2 is 2.12 bits per heavy atom. The topological polar surface area (TPSA) is 94.1 Å². The summed E-state index contributed by atoms with van der Waals surface area (Å²) in [5.41, 5.74) is -0.850. The van der Waals surface area contributed by atoms with Gasteiger partial charge in [0, 0.05) is 0 Å². The fourth-order valence-corrected chi connectivity index (χ4v) is 2.70. The largest absolute Gasteiger partial charge is 0.462 e. The van der Waals surface area contributed by atoms with E-state index in [1.165, 1.54) is 18.2 Å². The Kier molecular flexibility index (Phi) is 7.15. The van der Waals surface area contributed by atoms with Crippen LogP contribution < -0.4 is 11.2 Å². The van der Waals surface area contributed by atoms with Gasteiger partial charge >= 0.3 is 11.7 Å². The summed E-state index contributed by atoms with van der Waals surface area (Å²) in [5.74, 6) is -0.242. The number of ether oxygens (including phenoxy) is 1. The molecule has 140 valence electrons. The molecule has 1 aromatic heterocycles. The molecule has 8 heteroatoms. The summed E-state index contributed by atoms with van der Waals surface area (Å²) in [6.45, 7) is 4.51. The van der Waals surface area contributed by atoms with E-state index >= 15 is 0 Å². The number of halogens is 1. The lowest BCUT2D eigenvalue weighted by Gasteiger charge is -2.15. The number of esters is 1. The predicted octanol–water partition coefficient (Wildman–Crippen LogP) is 2.95. The molecule has 0 amide bonds. The van der Waals surface area contributed by atoms with Gasteiger partial charge in [0.25, 0.3) is 5.56 Å². The Labute approximate surface area is 156 Å². The first kappa shape index (κ1) is 19.9. The van der Waals surface area contributed by atoms with Crippen LogP contribution in [0.25, 0.3) is 5.69 Å². The van der Waals surface area contributed by atoms with Crippen molar-refractivity contribution in [1.82, 2.24) is 14.8 Å². The van der Waals surface area contributed by atoms with Crippen molar-refractivity contribution in [1.29, 1.82) is 0 Å². The molecule has 0 spiro atoms. The second-order valence-corrected chi connectivity index (χ2v) is 6.44. The minimum absolute atomic E-state index is 0.148. The quantitative estimate of drug-likeness (QED) is 0.711. The SMILES string of the molecule is CCCCC(CC)COC(=O)c1cc(-n2ncc(=O)[nH]c2=O)ccc1Cl. The van der Waals surface area contributed by atoms with Crippen LogP contribution in [0.4, 0.5) is 0 Å². The fraction of sp³-hybridized carbons (Fsp3) is 0.444. The molecule has 0 fully saturated rings. The van der Waals surface area contributed by atoms with Crippen LogP contribution >= 0.6 is 11.6 Å². The maximum absolute atomic E-state index is 12.4. The molecule has 7 nitrogen and oxygen atoms in total. The van der Waals surface area contributed by atoms with Crippen LogP contribution in [-0.4, -0.2) is 27.3 Å². The predicted molar refractivity (Wildman–Crippen MR) is 99.1 cm³/mol. The van der Waals surface area contributed by atoms with Crippen molar-refractivity contribution in [3.05, 3.63) is 55.8 Å². The summed E-state index contributed by atoms with van der Waals surface area (Å²) in [4.78, 5) is 37.5. The van der Waals surface area contributed by atoms with Crippen LogP contribution in [0, 0.1) is 5.92 Å². The fourth-order valence-electron chi connectivity index (χ4n) is 2.51. The first-order chi connectivity index (χ1) is 12.5. The number of H-pyrrole nitrogens is 1. The number of benzene rings is 1. The number of rotatable bonds is 8. The van der Waals surface area contributed by atoms with Gasteiger partial charge in [0.15, 0.2) is 0 Å². The van der Waals surface area contributed by atoms with Gasteiger partial charge in [-0.25, -0.2) is 9.59 Å². The molecule has 1 atom stereocenters. The smallest absolute Gasteiger partial charge is 0.349 e. The molecule has 1 unspecified atom stereocenters. The van der Waals surface area contributed by atoms with Gasteiger partial charge in [-0.2, -0.15) is 9.78 Å². The minimum Gasteiger partial charge on any atom is -0.462 e. The zero-order valence-electron chi connectivity index (χ0n) is 14.8. The van der Waals surface area contributed by atoms with Crippen molar-refractivity contribution in [2.75, 3.05) is 6.61 Å². The maximum Gasteiger partial charge on any atom is 0.349 e. The van der Waals surface area contributed by atoms with E-state index < -0.39 is 17.2 Å². The van der Waals surface area contributed by atoms with Crippen LogP contribution in [0.3, 0.4) is 0 Å². The minimum atomic E-state index is -0.704. The lowest BCUT2D eigenvalue weighted by molar-refractivity contribution is 0.0428. The van der Waals surface area contributed by atoms with Crippen LogP contribution in [0.1, 0.15) is 49.9 Å². The Hall–Kier alpha value is -2.41. The summed E-state index contributed by atoms with van der Waals surface area (Å²) in [6.07, 6.45) is 5.10. The normalized spacial score (nSPS) is 12.0. The third-order valence-corrected chi connectivity index (χ3v) is 4.45. The van der Waals surface area contributed by atoms with Gasteiger partial charge in [-0.1, -0.05) is 44.7 Å². The van der Waals surface area contributed by atoms with E-state index in [-0.39, 0.29) is 10.6 Å². The van der Waals surface area contributed by atoms with Crippen molar-refractivity contribution < 1.29 is 9.53 Å². The molecule has 26 heavy (non-hydrogen) atoms. The van der Waals surface area contributed by atoms with Gasteiger partial charge in [0.05, 0.1) is 22.9 Å². The summed E-state index contributed by atoms with van der Waals surface area (Å²) in [5, 5.41) is 3.98.